The Labute approximate surface area is 117 Å². The number of rotatable bonds is 6. The van der Waals surface area contributed by atoms with Crippen molar-refractivity contribution < 1.29 is 13.6 Å². The van der Waals surface area contributed by atoms with E-state index in [4.69, 9.17) is 4.42 Å². The largest absolute Gasteiger partial charge is 0.469 e. The summed E-state index contributed by atoms with van der Waals surface area (Å²) < 4.78 is 18.2. The number of halogens is 1. The van der Waals surface area contributed by atoms with Gasteiger partial charge in [0.15, 0.2) is 0 Å². The Morgan fingerprint density at radius 3 is 2.90 bits per heavy atom. The van der Waals surface area contributed by atoms with E-state index in [1.807, 2.05) is 19.1 Å². The first kappa shape index (κ1) is 14.3. The molecule has 0 fully saturated rings. The first-order valence-electron chi connectivity index (χ1n) is 6.44. The molecular weight excluding hydrogens is 259 g/mol. The van der Waals surface area contributed by atoms with Gasteiger partial charge in [0.05, 0.1) is 12.8 Å². The minimum Gasteiger partial charge on any atom is -0.469 e. The van der Waals surface area contributed by atoms with E-state index < -0.39 is 0 Å². The van der Waals surface area contributed by atoms with Gasteiger partial charge in [0.2, 0.25) is 5.91 Å². The molecule has 1 atom stereocenters. The van der Waals surface area contributed by atoms with Gasteiger partial charge in [-0.3, -0.25) is 4.79 Å². The molecule has 20 heavy (non-hydrogen) atoms. The summed E-state index contributed by atoms with van der Waals surface area (Å²) in [5, 5.41) is 5.72. The number of nitrogens with one attached hydrogen (secondary N) is 2. The molecular formula is C15H17FN2O2. The fourth-order valence-corrected chi connectivity index (χ4v) is 1.84. The van der Waals surface area contributed by atoms with E-state index in [2.05, 4.69) is 10.6 Å². The van der Waals surface area contributed by atoms with Crippen LogP contribution in [0.15, 0.2) is 47.1 Å². The third kappa shape index (κ3) is 4.51. The standard InChI is InChI=1S/C15H17FN2O2/c1-11(8-14-6-3-7-20-14)17-10-15(19)18-13-5-2-4-12(16)9-13/h2-7,9,11,17H,8,10H2,1H3,(H,18,19). The average Bonchev–Trinajstić information content (AvgIpc) is 2.89. The van der Waals surface area contributed by atoms with Gasteiger partial charge in [0.1, 0.15) is 11.6 Å². The number of hydrogen-bond donors (Lipinski definition) is 2. The van der Waals surface area contributed by atoms with Crippen molar-refractivity contribution in [2.24, 2.45) is 0 Å². The van der Waals surface area contributed by atoms with E-state index in [0.29, 0.717) is 12.1 Å². The molecule has 1 unspecified atom stereocenters. The average molecular weight is 276 g/mol. The van der Waals surface area contributed by atoms with Crippen molar-refractivity contribution in [2.75, 3.05) is 11.9 Å². The maximum Gasteiger partial charge on any atom is 0.238 e. The summed E-state index contributed by atoms with van der Waals surface area (Å²) in [6.07, 6.45) is 2.33. The zero-order valence-electron chi connectivity index (χ0n) is 11.2. The lowest BCUT2D eigenvalue weighted by molar-refractivity contribution is -0.115. The van der Waals surface area contributed by atoms with Crippen LogP contribution in [0.25, 0.3) is 0 Å². The van der Waals surface area contributed by atoms with Crippen molar-refractivity contribution in [3.63, 3.8) is 0 Å². The van der Waals surface area contributed by atoms with Gasteiger partial charge in [-0.1, -0.05) is 6.07 Å². The number of carbonyl (C=O) groups is 1. The highest BCUT2D eigenvalue weighted by Crippen LogP contribution is 2.08. The van der Waals surface area contributed by atoms with Gasteiger partial charge < -0.3 is 15.1 Å². The van der Waals surface area contributed by atoms with Crippen molar-refractivity contribution in [1.29, 1.82) is 0 Å². The number of anilines is 1. The summed E-state index contributed by atoms with van der Waals surface area (Å²) in [6.45, 7) is 2.14. The molecule has 5 heteroatoms. The van der Waals surface area contributed by atoms with Gasteiger partial charge in [0, 0.05) is 18.2 Å². The summed E-state index contributed by atoms with van der Waals surface area (Å²) in [6, 6.07) is 9.65. The second-order valence-electron chi connectivity index (χ2n) is 4.62. The summed E-state index contributed by atoms with van der Waals surface area (Å²) in [5.41, 5.74) is 0.454. The Hall–Kier alpha value is -2.14. The summed E-state index contributed by atoms with van der Waals surface area (Å²) in [7, 11) is 0. The monoisotopic (exact) mass is 276 g/mol. The quantitative estimate of drug-likeness (QED) is 0.852. The van der Waals surface area contributed by atoms with E-state index in [9.17, 15) is 9.18 Å². The molecule has 2 rings (SSSR count). The molecule has 2 N–H and O–H groups in total. The highest BCUT2D eigenvalue weighted by Gasteiger charge is 2.08. The molecule has 0 aliphatic carbocycles. The van der Waals surface area contributed by atoms with Crippen LogP contribution in [0, 0.1) is 5.82 Å². The minimum atomic E-state index is -0.373. The Morgan fingerprint density at radius 2 is 2.20 bits per heavy atom. The second-order valence-corrected chi connectivity index (χ2v) is 4.62. The fraction of sp³-hybridized carbons (Fsp3) is 0.267. The molecule has 1 amide bonds. The maximum absolute atomic E-state index is 13.0. The molecule has 0 saturated heterocycles. The molecule has 0 aliphatic heterocycles. The lowest BCUT2D eigenvalue weighted by Gasteiger charge is -2.12. The molecule has 0 spiro atoms. The summed E-state index contributed by atoms with van der Waals surface area (Å²) in [5.74, 6) is 0.291. The predicted octanol–water partition coefficient (Wildman–Crippen LogP) is 2.58. The molecule has 1 heterocycles. The smallest absolute Gasteiger partial charge is 0.238 e. The summed E-state index contributed by atoms with van der Waals surface area (Å²) in [4.78, 5) is 11.7. The van der Waals surface area contributed by atoms with Crippen molar-refractivity contribution in [1.82, 2.24) is 5.32 Å². The van der Waals surface area contributed by atoms with Crippen molar-refractivity contribution in [3.8, 4) is 0 Å². The SMILES string of the molecule is CC(Cc1ccco1)NCC(=O)Nc1cccc(F)c1. The van der Waals surface area contributed by atoms with Crippen LogP contribution >= 0.6 is 0 Å². The second kappa shape index (κ2) is 6.86. The first-order chi connectivity index (χ1) is 9.63. The molecule has 1 aromatic carbocycles. The molecule has 4 nitrogen and oxygen atoms in total. The van der Waals surface area contributed by atoms with Crippen LogP contribution in [0.4, 0.5) is 10.1 Å². The van der Waals surface area contributed by atoms with E-state index >= 15 is 0 Å². The van der Waals surface area contributed by atoms with Gasteiger partial charge in [-0.15, -0.1) is 0 Å². The Balaban J connectivity index is 1.74. The van der Waals surface area contributed by atoms with Crippen LogP contribution in [-0.4, -0.2) is 18.5 Å². The number of amides is 1. The maximum atomic E-state index is 13.0. The number of benzene rings is 1. The number of furan rings is 1. The normalized spacial score (nSPS) is 12.1. The molecule has 0 saturated carbocycles. The van der Waals surface area contributed by atoms with Gasteiger partial charge >= 0.3 is 0 Å². The van der Waals surface area contributed by atoms with E-state index in [1.54, 1.807) is 18.4 Å². The highest BCUT2D eigenvalue weighted by atomic mass is 19.1. The number of hydrogen-bond acceptors (Lipinski definition) is 3. The predicted molar refractivity (Wildman–Crippen MR) is 74.9 cm³/mol. The van der Waals surface area contributed by atoms with E-state index in [-0.39, 0.29) is 24.3 Å². The first-order valence-corrected chi connectivity index (χ1v) is 6.44. The molecule has 0 bridgehead atoms. The van der Waals surface area contributed by atoms with Crippen LogP contribution in [0.1, 0.15) is 12.7 Å². The Kier molecular flexibility index (Phi) is 4.90. The van der Waals surface area contributed by atoms with Gasteiger partial charge in [0.25, 0.3) is 0 Å². The lowest BCUT2D eigenvalue weighted by atomic mass is 10.2. The molecule has 0 aliphatic rings. The van der Waals surface area contributed by atoms with Crippen LogP contribution in [0.5, 0.6) is 0 Å². The highest BCUT2D eigenvalue weighted by molar-refractivity contribution is 5.92. The van der Waals surface area contributed by atoms with Crippen molar-refractivity contribution >= 4 is 11.6 Å². The van der Waals surface area contributed by atoms with Crippen LogP contribution in [0.2, 0.25) is 0 Å². The number of carbonyl (C=O) groups excluding carboxylic acids is 1. The van der Waals surface area contributed by atoms with Crippen LogP contribution < -0.4 is 10.6 Å². The zero-order valence-corrected chi connectivity index (χ0v) is 11.2. The molecule has 1 aromatic heterocycles. The fourth-order valence-electron chi connectivity index (χ4n) is 1.84. The Bertz CT molecular complexity index is 555. The van der Waals surface area contributed by atoms with Crippen LogP contribution in [-0.2, 0) is 11.2 Å². The third-order valence-corrected chi connectivity index (χ3v) is 2.81. The zero-order chi connectivity index (χ0) is 14.4. The molecule has 0 radical (unpaired) electrons. The van der Waals surface area contributed by atoms with Crippen molar-refractivity contribution in [3.05, 3.63) is 54.2 Å². The lowest BCUT2D eigenvalue weighted by Crippen LogP contribution is -2.35. The van der Waals surface area contributed by atoms with Crippen LogP contribution in [0.3, 0.4) is 0 Å². The van der Waals surface area contributed by atoms with Gasteiger partial charge in [-0.05, 0) is 37.3 Å². The van der Waals surface area contributed by atoms with Gasteiger partial charge in [-0.2, -0.15) is 0 Å². The topological polar surface area (TPSA) is 54.3 Å². The minimum absolute atomic E-state index is 0.111. The molecule has 106 valence electrons. The summed E-state index contributed by atoms with van der Waals surface area (Å²) >= 11 is 0. The molecule has 2 aromatic rings. The van der Waals surface area contributed by atoms with Crippen molar-refractivity contribution in [2.45, 2.75) is 19.4 Å². The third-order valence-electron chi connectivity index (χ3n) is 2.81. The van der Waals surface area contributed by atoms with E-state index in [1.165, 1.54) is 12.1 Å². The van der Waals surface area contributed by atoms with Gasteiger partial charge in [-0.25, -0.2) is 4.39 Å². The Morgan fingerprint density at radius 1 is 1.35 bits per heavy atom. The van der Waals surface area contributed by atoms with E-state index in [0.717, 1.165) is 5.76 Å².